The number of likely N-dealkylation sites (tertiary alicyclic amines) is 1. The summed E-state index contributed by atoms with van der Waals surface area (Å²) < 4.78 is 0. The maximum Gasteiger partial charge on any atom is 0.239 e. The normalized spacial score (nSPS) is 17.6. The van der Waals surface area contributed by atoms with Gasteiger partial charge in [0.25, 0.3) is 0 Å². The van der Waals surface area contributed by atoms with E-state index in [1.165, 1.54) is 6.92 Å². The van der Waals surface area contributed by atoms with Gasteiger partial charge in [0, 0.05) is 26.6 Å². The number of nitrogens with zero attached hydrogens (tertiary/aromatic N) is 2. The van der Waals surface area contributed by atoms with Crippen LogP contribution in [0.1, 0.15) is 39.5 Å². The van der Waals surface area contributed by atoms with Crippen LogP contribution in [0.2, 0.25) is 0 Å². The van der Waals surface area contributed by atoms with E-state index in [0.29, 0.717) is 32.0 Å². The highest BCUT2D eigenvalue weighted by atomic mass is 16.2. The molecule has 1 atom stereocenters. The van der Waals surface area contributed by atoms with E-state index in [1.54, 1.807) is 4.90 Å². The second-order valence-corrected chi connectivity index (χ2v) is 5.18. The molecule has 1 aliphatic heterocycles. The summed E-state index contributed by atoms with van der Waals surface area (Å²) in [5, 5.41) is 11.8. The van der Waals surface area contributed by atoms with Crippen LogP contribution in [0, 0.1) is 23.2 Å². The van der Waals surface area contributed by atoms with Crippen LogP contribution in [0.4, 0.5) is 0 Å². The minimum absolute atomic E-state index is 0.00834. The van der Waals surface area contributed by atoms with E-state index in [1.807, 2.05) is 6.92 Å². The number of carbonyl (C=O) groups excluding carboxylic acids is 2. The number of amides is 2. The van der Waals surface area contributed by atoms with Crippen molar-refractivity contribution >= 4 is 11.8 Å². The number of nitrogens with one attached hydrogen (secondary N) is 1. The van der Waals surface area contributed by atoms with Crippen molar-refractivity contribution in [3.8, 4) is 6.07 Å². The number of nitriles is 1. The molecule has 1 unspecified atom stereocenters. The summed E-state index contributed by atoms with van der Waals surface area (Å²) in [6, 6.07) is 2.10. The zero-order valence-electron chi connectivity index (χ0n) is 11.8. The van der Waals surface area contributed by atoms with Crippen molar-refractivity contribution in [1.82, 2.24) is 10.2 Å². The largest absolute Gasteiger partial charge is 0.356 e. The Labute approximate surface area is 115 Å². The van der Waals surface area contributed by atoms with E-state index in [4.69, 9.17) is 5.26 Å². The molecule has 0 aromatic rings. The van der Waals surface area contributed by atoms with Gasteiger partial charge in [-0.3, -0.25) is 9.59 Å². The molecule has 0 aliphatic carbocycles. The van der Waals surface area contributed by atoms with Crippen LogP contribution in [0.5, 0.6) is 0 Å². The molecule has 0 aromatic heterocycles. The van der Waals surface area contributed by atoms with Crippen LogP contribution < -0.4 is 5.32 Å². The number of hydrogen-bond donors (Lipinski definition) is 1. The van der Waals surface area contributed by atoms with Crippen LogP contribution >= 0.6 is 0 Å². The Balaban J connectivity index is 2.38. The molecule has 0 aromatic carbocycles. The molecule has 1 rings (SSSR count). The molecule has 5 heteroatoms. The molecule has 1 heterocycles. The molecule has 0 saturated carbocycles. The molecular weight excluding hydrogens is 242 g/mol. The molecule has 106 valence electrons. The lowest BCUT2D eigenvalue weighted by atomic mass is 9.95. The average Bonchev–Trinajstić information content (AvgIpc) is 2.42. The predicted octanol–water partition coefficient (Wildman–Crippen LogP) is 1.30. The van der Waals surface area contributed by atoms with Gasteiger partial charge in [-0.15, -0.1) is 0 Å². The van der Waals surface area contributed by atoms with Crippen molar-refractivity contribution < 1.29 is 9.59 Å². The van der Waals surface area contributed by atoms with Gasteiger partial charge in [0.1, 0.15) is 5.92 Å². The van der Waals surface area contributed by atoms with E-state index in [9.17, 15) is 9.59 Å². The van der Waals surface area contributed by atoms with Crippen LogP contribution in [0.3, 0.4) is 0 Å². The summed E-state index contributed by atoms with van der Waals surface area (Å²) in [7, 11) is 0. The van der Waals surface area contributed by atoms with Crippen molar-refractivity contribution in [2.75, 3.05) is 19.6 Å². The average molecular weight is 265 g/mol. The Kier molecular flexibility index (Phi) is 6.34. The van der Waals surface area contributed by atoms with Crippen LogP contribution in [-0.2, 0) is 9.59 Å². The van der Waals surface area contributed by atoms with Crippen molar-refractivity contribution in [2.45, 2.75) is 39.5 Å². The van der Waals surface area contributed by atoms with E-state index in [-0.39, 0.29) is 11.8 Å². The number of piperidine rings is 1. The minimum atomic E-state index is -0.489. The molecule has 1 aliphatic rings. The first-order valence-electron chi connectivity index (χ1n) is 7.01. The van der Waals surface area contributed by atoms with Crippen LogP contribution in [0.15, 0.2) is 0 Å². The SMILES string of the molecule is CCCC(C#N)C(=O)N1CCC(CNC(C)=O)CC1. The van der Waals surface area contributed by atoms with Crippen LogP contribution in [0.25, 0.3) is 0 Å². The molecule has 0 bridgehead atoms. The third-order valence-corrected chi connectivity index (χ3v) is 3.60. The highest BCUT2D eigenvalue weighted by Crippen LogP contribution is 2.19. The third kappa shape index (κ3) is 4.90. The summed E-state index contributed by atoms with van der Waals surface area (Å²) in [5.74, 6) is -0.0788. The van der Waals surface area contributed by atoms with Gasteiger partial charge in [-0.2, -0.15) is 5.26 Å². The van der Waals surface area contributed by atoms with Gasteiger partial charge in [-0.1, -0.05) is 13.3 Å². The lowest BCUT2D eigenvalue weighted by Crippen LogP contribution is -2.43. The predicted molar refractivity (Wildman–Crippen MR) is 72.0 cm³/mol. The Morgan fingerprint density at radius 2 is 2.05 bits per heavy atom. The first-order chi connectivity index (χ1) is 9.08. The zero-order chi connectivity index (χ0) is 14.3. The first kappa shape index (κ1) is 15.5. The second-order valence-electron chi connectivity index (χ2n) is 5.18. The Hall–Kier alpha value is -1.57. The number of carbonyl (C=O) groups is 2. The van der Waals surface area contributed by atoms with Gasteiger partial charge >= 0.3 is 0 Å². The smallest absolute Gasteiger partial charge is 0.239 e. The van der Waals surface area contributed by atoms with E-state index >= 15 is 0 Å². The van der Waals surface area contributed by atoms with Gasteiger partial charge in [0.05, 0.1) is 6.07 Å². The van der Waals surface area contributed by atoms with Crippen molar-refractivity contribution in [3.63, 3.8) is 0 Å². The third-order valence-electron chi connectivity index (χ3n) is 3.60. The molecule has 1 saturated heterocycles. The zero-order valence-corrected chi connectivity index (χ0v) is 11.8. The molecule has 0 spiro atoms. The summed E-state index contributed by atoms with van der Waals surface area (Å²) in [5.41, 5.74) is 0. The fourth-order valence-corrected chi connectivity index (χ4v) is 2.40. The number of rotatable bonds is 5. The summed E-state index contributed by atoms with van der Waals surface area (Å²) in [6.07, 6.45) is 3.29. The van der Waals surface area contributed by atoms with E-state index in [0.717, 1.165) is 19.3 Å². The molecule has 19 heavy (non-hydrogen) atoms. The van der Waals surface area contributed by atoms with Crippen molar-refractivity contribution in [2.24, 2.45) is 11.8 Å². The minimum Gasteiger partial charge on any atom is -0.356 e. The van der Waals surface area contributed by atoms with Gasteiger partial charge in [-0.05, 0) is 25.2 Å². The molecule has 2 amide bonds. The Morgan fingerprint density at radius 1 is 1.42 bits per heavy atom. The topological polar surface area (TPSA) is 73.2 Å². The van der Waals surface area contributed by atoms with Crippen LogP contribution in [-0.4, -0.2) is 36.3 Å². The molecule has 1 fully saturated rings. The summed E-state index contributed by atoms with van der Waals surface area (Å²) in [4.78, 5) is 24.8. The molecule has 5 nitrogen and oxygen atoms in total. The van der Waals surface area contributed by atoms with Gasteiger partial charge in [0.2, 0.25) is 11.8 Å². The van der Waals surface area contributed by atoms with Gasteiger partial charge in [0.15, 0.2) is 0 Å². The lowest BCUT2D eigenvalue weighted by Gasteiger charge is -2.33. The highest BCUT2D eigenvalue weighted by molar-refractivity contribution is 5.81. The van der Waals surface area contributed by atoms with Gasteiger partial charge < -0.3 is 10.2 Å². The van der Waals surface area contributed by atoms with E-state index < -0.39 is 5.92 Å². The second kappa shape index (κ2) is 7.78. The number of hydrogen-bond acceptors (Lipinski definition) is 3. The Bertz CT molecular complexity index is 354. The van der Waals surface area contributed by atoms with Gasteiger partial charge in [-0.25, -0.2) is 0 Å². The quantitative estimate of drug-likeness (QED) is 0.814. The van der Waals surface area contributed by atoms with E-state index in [2.05, 4.69) is 11.4 Å². The first-order valence-corrected chi connectivity index (χ1v) is 7.01. The Morgan fingerprint density at radius 3 is 2.53 bits per heavy atom. The monoisotopic (exact) mass is 265 g/mol. The molecular formula is C14H23N3O2. The maximum absolute atomic E-state index is 12.1. The lowest BCUT2D eigenvalue weighted by molar-refractivity contribution is -0.135. The maximum atomic E-state index is 12.1. The van der Waals surface area contributed by atoms with Crippen molar-refractivity contribution in [1.29, 1.82) is 5.26 Å². The standard InChI is InChI=1S/C14H23N3O2/c1-3-4-13(9-15)14(19)17-7-5-12(6-8-17)10-16-11(2)18/h12-13H,3-8,10H2,1-2H3,(H,16,18). The highest BCUT2D eigenvalue weighted by Gasteiger charge is 2.27. The fourth-order valence-electron chi connectivity index (χ4n) is 2.40. The summed E-state index contributed by atoms with van der Waals surface area (Å²) >= 11 is 0. The fraction of sp³-hybridized carbons (Fsp3) is 0.786. The molecule has 1 N–H and O–H groups in total. The molecule has 0 radical (unpaired) electrons. The summed E-state index contributed by atoms with van der Waals surface area (Å²) in [6.45, 7) is 5.59. The van der Waals surface area contributed by atoms with Crippen molar-refractivity contribution in [3.05, 3.63) is 0 Å².